The molecule has 0 aliphatic carbocycles. The number of aromatic nitrogens is 2. The van der Waals surface area contributed by atoms with Gasteiger partial charge in [0.25, 0.3) is 5.24 Å². The molecular weight excluding hydrogens is 347 g/mol. The highest BCUT2D eigenvalue weighted by molar-refractivity contribution is 8.14. The molecule has 1 fully saturated rings. The molecule has 1 saturated heterocycles. The molecule has 0 atom stereocenters. The summed E-state index contributed by atoms with van der Waals surface area (Å²) in [6, 6.07) is 5.20. The largest absolute Gasteiger partial charge is 0.368 e. The quantitative estimate of drug-likeness (QED) is 0.848. The van der Waals surface area contributed by atoms with E-state index in [4.69, 9.17) is 23.2 Å². The lowest BCUT2D eigenvalue weighted by molar-refractivity contribution is -0.124. The number of anilines is 1. The maximum atomic E-state index is 11.5. The van der Waals surface area contributed by atoms with Crippen LogP contribution in [-0.2, 0) is 4.79 Å². The second kappa shape index (κ2) is 6.28. The van der Waals surface area contributed by atoms with E-state index in [-0.39, 0.29) is 28.7 Å². The van der Waals surface area contributed by atoms with Crippen molar-refractivity contribution in [3.05, 3.63) is 28.5 Å². The number of nitrogens with one attached hydrogen (secondary N) is 1. The van der Waals surface area contributed by atoms with Crippen LogP contribution in [0.2, 0.25) is 10.3 Å². The molecule has 0 bridgehead atoms. The van der Waals surface area contributed by atoms with Crippen molar-refractivity contribution in [1.29, 1.82) is 0 Å². The fraction of sp³-hybridized carbons (Fsp3) is 0.231. The molecule has 1 aromatic carbocycles. The highest BCUT2D eigenvalue weighted by Crippen LogP contribution is 2.25. The highest BCUT2D eigenvalue weighted by atomic mass is 35.5. The van der Waals surface area contributed by atoms with Gasteiger partial charge in [0.05, 0.1) is 11.3 Å². The van der Waals surface area contributed by atoms with Crippen LogP contribution in [0.25, 0.3) is 10.9 Å². The van der Waals surface area contributed by atoms with Crippen LogP contribution in [-0.4, -0.2) is 44.9 Å². The number of imide groups is 1. The second-order valence-electron chi connectivity index (χ2n) is 4.53. The van der Waals surface area contributed by atoms with Crippen LogP contribution >= 0.6 is 35.0 Å². The Morgan fingerprint density at radius 3 is 2.82 bits per heavy atom. The van der Waals surface area contributed by atoms with Gasteiger partial charge in [-0.3, -0.25) is 14.5 Å². The number of halogens is 2. The molecule has 1 aliphatic rings. The minimum atomic E-state index is -0.222. The summed E-state index contributed by atoms with van der Waals surface area (Å²) in [5, 5.41) is 4.25. The van der Waals surface area contributed by atoms with E-state index in [1.807, 2.05) is 0 Å². The lowest BCUT2D eigenvalue weighted by atomic mass is 10.2. The van der Waals surface area contributed by atoms with Gasteiger partial charge in [-0.2, -0.15) is 0 Å². The zero-order chi connectivity index (χ0) is 15.7. The third-order valence-electron chi connectivity index (χ3n) is 3.10. The zero-order valence-electron chi connectivity index (χ0n) is 11.2. The number of carbonyl (C=O) groups excluding carboxylic acids is 2. The average molecular weight is 357 g/mol. The van der Waals surface area contributed by atoms with Crippen molar-refractivity contribution in [2.75, 3.05) is 24.2 Å². The third-order valence-corrected chi connectivity index (χ3v) is 4.36. The molecule has 9 heteroatoms. The summed E-state index contributed by atoms with van der Waals surface area (Å²) in [6.45, 7) is 0.640. The van der Waals surface area contributed by atoms with Gasteiger partial charge in [-0.1, -0.05) is 23.4 Å². The molecule has 1 aliphatic heterocycles. The van der Waals surface area contributed by atoms with Crippen LogP contribution < -0.4 is 5.32 Å². The summed E-state index contributed by atoms with van der Waals surface area (Å²) in [7, 11) is 0. The van der Waals surface area contributed by atoms with E-state index < -0.39 is 0 Å². The van der Waals surface area contributed by atoms with Gasteiger partial charge in [0.1, 0.15) is 5.82 Å². The first-order chi connectivity index (χ1) is 10.5. The van der Waals surface area contributed by atoms with Crippen LogP contribution in [0.4, 0.5) is 10.6 Å². The lowest BCUT2D eigenvalue weighted by Crippen LogP contribution is -2.33. The van der Waals surface area contributed by atoms with Gasteiger partial charge in [0.15, 0.2) is 0 Å². The van der Waals surface area contributed by atoms with Crippen molar-refractivity contribution in [2.24, 2.45) is 0 Å². The molecular formula is C13H10Cl2N4O2S. The Morgan fingerprint density at radius 1 is 1.27 bits per heavy atom. The molecule has 0 radical (unpaired) electrons. The Balaban J connectivity index is 1.77. The van der Waals surface area contributed by atoms with Crippen LogP contribution in [0.1, 0.15) is 0 Å². The van der Waals surface area contributed by atoms with Crippen molar-refractivity contribution in [3.63, 3.8) is 0 Å². The molecule has 2 amide bonds. The fourth-order valence-corrected chi connectivity index (χ4v) is 3.19. The number of hydrogen-bond donors (Lipinski definition) is 1. The predicted molar refractivity (Wildman–Crippen MR) is 87.6 cm³/mol. The molecule has 3 rings (SSSR count). The van der Waals surface area contributed by atoms with Gasteiger partial charge in [0.2, 0.25) is 11.2 Å². The summed E-state index contributed by atoms with van der Waals surface area (Å²) >= 11 is 12.9. The van der Waals surface area contributed by atoms with E-state index in [1.165, 1.54) is 4.90 Å². The molecule has 114 valence electrons. The van der Waals surface area contributed by atoms with E-state index in [2.05, 4.69) is 15.3 Å². The Kier molecular flexibility index (Phi) is 4.37. The van der Waals surface area contributed by atoms with Gasteiger partial charge in [-0.05, 0) is 29.8 Å². The maximum Gasteiger partial charge on any atom is 0.288 e. The molecule has 1 N–H and O–H groups in total. The third kappa shape index (κ3) is 3.11. The Morgan fingerprint density at radius 2 is 2.09 bits per heavy atom. The summed E-state index contributed by atoms with van der Waals surface area (Å²) in [5.74, 6) is 0.547. The maximum absolute atomic E-state index is 11.5. The topological polar surface area (TPSA) is 75.2 Å². The molecule has 22 heavy (non-hydrogen) atoms. The van der Waals surface area contributed by atoms with Gasteiger partial charge in [0, 0.05) is 23.5 Å². The van der Waals surface area contributed by atoms with E-state index >= 15 is 0 Å². The average Bonchev–Trinajstić information content (AvgIpc) is 2.79. The monoisotopic (exact) mass is 356 g/mol. The molecule has 2 aromatic rings. The molecule has 0 spiro atoms. The van der Waals surface area contributed by atoms with Crippen LogP contribution in [0, 0.1) is 0 Å². The first-order valence-electron chi connectivity index (χ1n) is 6.38. The van der Waals surface area contributed by atoms with E-state index in [0.717, 1.165) is 17.1 Å². The molecule has 0 unspecified atom stereocenters. The van der Waals surface area contributed by atoms with Crippen LogP contribution in [0.5, 0.6) is 0 Å². The normalized spacial score (nSPS) is 14.9. The highest BCUT2D eigenvalue weighted by Gasteiger charge is 2.29. The molecule has 0 saturated carbocycles. The molecule has 2 heterocycles. The standard InChI is InChI=1S/C13H10Cl2N4O2S/c14-7-1-2-9-8(5-7)11(18-12(15)17-9)16-3-4-19-10(20)6-22-13(19)21/h1-2,5H,3-4,6H2,(H,16,17,18). The van der Waals surface area contributed by atoms with Crippen LogP contribution in [0.15, 0.2) is 18.2 Å². The van der Waals surface area contributed by atoms with Gasteiger partial charge in [-0.25, -0.2) is 9.97 Å². The first kappa shape index (κ1) is 15.3. The number of hydrogen-bond acceptors (Lipinski definition) is 6. The van der Waals surface area contributed by atoms with E-state index in [9.17, 15) is 9.59 Å². The second-order valence-corrected chi connectivity index (χ2v) is 6.23. The minimum absolute atomic E-state index is 0.112. The lowest BCUT2D eigenvalue weighted by Gasteiger charge is -2.14. The van der Waals surface area contributed by atoms with Gasteiger partial charge >= 0.3 is 0 Å². The zero-order valence-corrected chi connectivity index (χ0v) is 13.5. The van der Waals surface area contributed by atoms with Crippen molar-refractivity contribution >= 4 is 62.8 Å². The van der Waals surface area contributed by atoms with Crippen molar-refractivity contribution in [2.45, 2.75) is 0 Å². The number of fused-ring (bicyclic) bond motifs is 1. The van der Waals surface area contributed by atoms with Crippen molar-refractivity contribution < 1.29 is 9.59 Å². The Labute approximate surface area is 140 Å². The number of carbonyl (C=O) groups is 2. The SMILES string of the molecule is O=C1CSC(=O)N1CCNc1nc(Cl)nc2ccc(Cl)cc12. The minimum Gasteiger partial charge on any atom is -0.368 e. The number of amides is 2. The van der Waals surface area contributed by atoms with Gasteiger partial charge < -0.3 is 5.32 Å². The molecule has 6 nitrogen and oxygen atoms in total. The smallest absolute Gasteiger partial charge is 0.288 e. The number of rotatable bonds is 4. The number of nitrogens with zero attached hydrogens (tertiary/aromatic N) is 3. The number of benzene rings is 1. The van der Waals surface area contributed by atoms with Gasteiger partial charge in [-0.15, -0.1) is 0 Å². The number of thioether (sulfide) groups is 1. The summed E-state index contributed by atoms with van der Waals surface area (Å²) in [4.78, 5) is 32.5. The fourth-order valence-electron chi connectivity index (χ4n) is 2.09. The van der Waals surface area contributed by atoms with Crippen molar-refractivity contribution in [3.8, 4) is 0 Å². The molecule has 1 aromatic heterocycles. The van der Waals surface area contributed by atoms with Crippen molar-refractivity contribution in [1.82, 2.24) is 14.9 Å². The van der Waals surface area contributed by atoms with E-state index in [0.29, 0.717) is 22.9 Å². The van der Waals surface area contributed by atoms with Crippen LogP contribution in [0.3, 0.4) is 0 Å². The Bertz CT molecular complexity index is 755. The first-order valence-corrected chi connectivity index (χ1v) is 8.12. The summed E-state index contributed by atoms with van der Waals surface area (Å²) in [5.41, 5.74) is 0.663. The Hall–Kier alpha value is -1.57. The predicted octanol–water partition coefficient (Wildman–Crippen LogP) is 3.04. The summed E-state index contributed by atoms with van der Waals surface area (Å²) in [6.07, 6.45) is 0. The van der Waals surface area contributed by atoms with E-state index in [1.54, 1.807) is 18.2 Å². The summed E-state index contributed by atoms with van der Waals surface area (Å²) < 4.78 is 0.